The van der Waals surface area contributed by atoms with Crippen LogP contribution < -0.4 is 5.32 Å². The van der Waals surface area contributed by atoms with E-state index in [1.807, 2.05) is 18.7 Å². The van der Waals surface area contributed by atoms with E-state index in [-0.39, 0.29) is 11.9 Å². The highest BCUT2D eigenvalue weighted by molar-refractivity contribution is 8.00. The Kier molecular flexibility index (Phi) is 5.58. The fourth-order valence-electron chi connectivity index (χ4n) is 3.20. The summed E-state index contributed by atoms with van der Waals surface area (Å²) >= 11 is 2.01. The highest BCUT2D eigenvalue weighted by Crippen LogP contribution is 2.42. The van der Waals surface area contributed by atoms with E-state index in [1.165, 1.54) is 25.7 Å². The molecule has 1 N–H and O–H groups in total. The number of nitrogens with one attached hydrogen (secondary N) is 1. The van der Waals surface area contributed by atoms with Gasteiger partial charge in [0.05, 0.1) is 12.5 Å². The Bertz CT molecular complexity index is 299. The molecule has 0 saturated heterocycles. The Morgan fingerprint density at radius 3 is 2.74 bits per heavy atom. The van der Waals surface area contributed by atoms with Gasteiger partial charge in [-0.25, -0.2) is 0 Å². The van der Waals surface area contributed by atoms with Crippen molar-refractivity contribution in [1.29, 1.82) is 0 Å². The van der Waals surface area contributed by atoms with Crippen molar-refractivity contribution >= 4 is 17.7 Å². The van der Waals surface area contributed by atoms with Crippen molar-refractivity contribution in [1.82, 2.24) is 5.32 Å². The van der Waals surface area contributed by atoms with E-state index in [1.54, 1.807) is 0 Å². The Balaban J connectivity index is 1.76. The summed E-state index contributed by atoms with van der Waals surface area (Å²) in [6.07, 6.45) is 10.6. The number of hydrogen-bond acceptors (Lipinski definition) is 4. The summed E-state index contributed by atoms with van der Waals surface area (Å²) in [6, 6.07) is 0.507. The highest BCUT2D eigenvalue weighted by atomic mass is 32.2. The molecule has 0 heterocycles. The van der Waals surface area contributed by atoms with E-state index >= 15 is 0 Å². The summed E-state index contributed by atoms with van der Waals surface area (Å²) in [4.78, 5) is 11.8. The first-order valence-corrected chi connectivity index (χ1v) is 8.87. The van der Waals surface area contributed by atoms with Gasteiger partial charge in [-0.3, -0.25) is 4.79 Å². The van der Waals surface area contributed by atoms with E-state index in [9.17, 15) is 4.79 Å². The minimum Gasteiger partial charge on any atom is -0.466 e. The summed E-state index contributed by atoms with van der Waals surface area (Å²) in [7, 11) is 0. The van der Waals surface area contributed by atoms with Gasteiger partial charge in [-0.05, 0) is 45.3 Å². The highest BCUT2D eigenvalue weighted by Gasteiger charge is 2.37. The van der Waals surface area contributed by atoms with Crippen LogP contribution in [0, 0.1) is 5.92 Å². The third-order valence-electron chi connectivity index (χ3n) is 4.70. The normalized spacial score (nSPS) is 29.6. The van der Waals surface area contributed by atoms with Crippen molar-refractivity contribution in [3.63, 3.8) is 0 Å². The predicted molar refractivity (Wildman–Crippen MR) is 80.5 cm³/mol. The molecular weight excluding hydrogens is 258 g/mol. The van der Waals surface area contributed by atoms with Crippen molar-refractivity contribution < 1.29 is 9.53 Å². The van der Waals surface area contributed by atoms with Crippen molar-refractivity contribution in [3.05, 3.63) is 0 Å². The zero-order valence-corrected chi connectivity index (χ0v) is 13.1. The monoisotopic (exact) mass is 285 g/mol. The van der Waals surface area contributed by atoms with Gasteiger partial charge >= 0.3 is 5.97 Å². The number of carbonyl (C=O) groups is 1. The van der Waals surface area contributed by atoms with E-state index in [4.69, 9.17) is 4.74 Å². The first-order valence-electron chi connectivity index (χ1n) is 7.64. The first kappa shape index (κ1) is 15.2. The van der Waals surface area contributed by atoms with Gasteiger partial charge in [0.25, 0.3) is 0 Å². The molecule has 2 unspecified atom stereocenters. The molecule has 0 aromatic rings. The molecule has 0 aliphatic heterocycles. The maximum atomic E-state index is 11.8. The van der Waals surface area contributed by atoms with Crippen LogP contribution in [0.5, 0.6) is 0 Å². The Morgan fingerprint density at radius 1 is 1.37 bits per heavy atom. The lowest BCUT2D eigenvalue weighted by Gasteiger charge is -2.42. The molecule has 2 aliphatic carbocycles. The van der Waals surface area contributed by atoms with Crippen molar-refractivity contribution in [2.24, 2.45) is 5.92 Å². The molecule has 2 saturated carbocycles. The van der Waals surface area contributed by atoms with Gasteiger partial charge in [0, 0.05) is 17.3 Å². The van der Waals surface area contributed by atoms with Crippen LogP contribution in [-0.2, 0) is 9.53 Å². The van der Waals surface area contributed by atoms with E-state index in [0.29, 0.717) is 17.4 Å². The predicted octanol–water partition coefficient (Wildman–Crippen LogP) is 2.98. The first-order chi connectivity index (χ1) is 9.19. The van der Waals surface area contributed by atoms with Crippen molar-refractivity contribution in [2.45, 2.75) is 62.7 Å². The number of thioether (sulfide) groups is 1. The Hall–Kier alpha value is -0.220. The zero-order valence-electron chi connectivity index (χ0n) is 12.2. The SMILES string of the molecule is CCOC(=O)C1CCCC(NCC2(SC)CCC2)C1. The van der Waals surface area contributed by atoms with Gasteiger partial charge in [0.15, 0.2) is 0 Å². The topological polar surface area (TPSA) is 38.3 Å². The third-order valence-corrected chi connectivity index (χ3v) is 6.12. The van der Waals surface area contributed by atoms with Gasteiger partial charge in [-0.15, -0.1) is 0 Å². The molecule has 0 aromatic heterocycles. The maximum Gasteiger partial charge on any atom is 0.308 e. The van der Waals surface area contributed by atoms with Crippen LogP contribution in [0.25, 0.3) is 0 Å². The number of ether oxygens (including phenoxy) is 1. The van der Waals surface area contributed by atoms with E-state index < -0.39 is 0 Å². The second-order valence-electron chi connectivity index (χ2n) is 5.93. The standard InChI is InChI=1S/C15H27NO2S/c1-3-18-14(17)12-6-4-7-13(10-12)16-11-15(19-2)8-5-9-15/h12-13,16H,3-11H2,1-2H3. The van der Waals surface area contributed by atoms with Crippen LogP contribution in [-0.4, -0.2) is 36.2 Å². The molecule has 0 spiro atoms. The average molecular weight is 285 g/mol. The molecule has 2 fully saturated rings. The molecule has 110 valence electrons. The van der Waals surface area contributed by atoms with Crippen LogP contribution >= 0.6 is 11.8 Å². The Morgan fingerprint density at radius 2 is 2.16 bits per heavy atom. The van der Waals surface area contributed by atoms with Crippen molar-refractivity contribution in [2.75, 3.05) is 19.4 Å². The van der Waals surface area contributed by atoms with Crippen LogP contribution in [0.4, 0.5) is 0 Å². The summed E-state index contributed by atoms with van der Waals surface area (Å²) in [6.45, 7) is 3.49. The van der Waals surface area contributed by atoms with Gasteiger partial charge in [-0.2, -0.15) is 11.8 Å². The molecule has 0 radical (unpaired) electrons. The Labute approximate surface area is 121 Å². The summed E-state index contributed by atoms with van der Waals surface area (Å²) in [5.41, 5.74) is 0. The number of rotatable bonds is 6. The molecule has 0 bridgehead atoms. The fourth-order valence-corrected chi connectivity index (χ4v) is 4.13. The molecule has 0 aromatic carbocycles. The smallest absolute Gasteiger partial charge is 0.308 e. The minimum atomic E-state index is 0.0113. The maximum absolute atomic E-state index is 11.8. The van der Waals surface area contributed by atoms with Gasteiger partial charge in [0.1, 0.15) is 0 Å². The molecule has 0 amide bonds. The summed E-state index contributed by atoms with van der Waals surface area (Å²) in [5, 5.41) is 3.71. The average Bonchev–Trinajstić information content (AvgIpc) is 2.39. The number of esters is 1. The second-order valence-corrected chi connectivity index (χ2v) is 7.21. The summed E-state index contributed by atoms with van der Waals surface area (Å²) < 4.78 is 5.64. The van der Waals surface area contributed by atoms with Crippen LogP contribution in [0.2, 0.25) is 0 Å². The van der Waals surface area contributed by atoms with Crippen LogP contribution in [0.15, 0.2) is 0 Å². The molecular formula is C15H27NO2S. The lowest BCUT2D eigenvalue weighted by molar-refractivity contribution is -0.149. The lowest BCUT2D eigenvalue weighted by atomic mass is 9.82. The molecule has 19 heavy (non-hydrogen) atoms. The minimum absolute atomic E-state index is 0.0113. The quantitative estimate of drug-likeness (QED) is 0.761. The summed E-state index contributed by atoms with van der Waals surface area (Å²) in [5.74, 6) is 0.134. The molecule has 3 nitrogen and oxygen atoms in total. The lowest BCUT2D eigenvalue weighted by Crippen LogP contribution is -2.48. The largest absolute Gasteiger partial charge is 0.466 e. The van der Waals surface area contributed by atoms with Crippen molar-refractivity contribution in [3.8, 4) is 0 Å². The molecule has 2 atom stereocenters. The van der Waals surface area contributed by atoms with Gasteiger partial charge < -0.3 is 10.1 Å². The zero-order chi connectivity index (χ0) is 13.7. The molecule has 4 heteroatoms. The molecule has 2 rings (SSSR count). The second kappa shape index (κ2) is 6.98. The fraction of sp³-hybridized carbons (Fsp3) is 0.933. The van der Waals surface area contributed by atoms with E-state index in [2.05, 4.69) is 11.6 Å². The van der Waals surface area contributed by atoms with Crippen LogP contribution in [0.3, 0.4) is 0 Å². The number of hydrogen-bond donors (Lipinski definition) is 1. The number of carbonyl (C=O) groups excluding carboxylic acids is 1. The van der Waals surface area contributed by atoms with Gasteiger partial charge in [0.2, 0.25) is 0 Å². The van der Waals surface area contributed by atoms with Crippen LogP contribution in [0.1, 0.15) is 51.9 Å². The third kappa shape index (κ3) is 3.88. The van der Waals surface area contributed by atoms with E-state index in [0.717, 1.165) is 25.8 Å². The molecule has 2 aliphatic rings. The van der Waals surface area contributed by atoms with Gasteiger partial charge in [-0.1, -0.05) is 12.8 Å².